The van der Waals surface area contributed by atoms with Crippen molar-refractivity contribution in [2.75, 3.05) is 12.0 Å². The summed E-state index contributed by atoms with van der Waals surface area (Å²) in [5.41, 5.74) is 7.52. The lowest BCUT2D eigenvalue weighted by Gasteiger charge is -2.46. The first-order valence-electron chi connectivity index (χ1n) is 6.70. The summed E-state index contributed by atoms with van der Waals surface area (Å²) in [5, 5.41) is 1.04. The highest BCUT2D eigenvalue weighted by molar-refractivity contribution is 6.35. The maximum atomic E-state index is 12.2. The number of nitrogens with two attached hydrogens (primary N) is 1. The van der Waals surface area contributed by atoms with Gasteiger partial charge in [-0.3, -0.25) is 4.79 Å². The van der Waals surface area contributed by atoms with Crippen LogP contribution in [0.2, 0.25) is 10.0 Å². The molecule has 1 amide bonds. The molecule has 1 aliphatic rings. The summed E-state index contributed by atoms with van der Waals surface area (Å²) in [6, 6.07) is 11.5. The number of rotatable bonds is 3. The fourth-order valence-corrected chi connectivity index (χ4v) is 3.14. The zero-order chi connectivity index (χ0) is 15.9. The Morgan fingerprint density at radius 1 is 1.14 bits per heavy atom. The molecule has 0 aromatic heterocycles. The molecule has 2 aromatic rings. The van der Waals surface area contributed by atoms with Gasteiger partial charge in [0, 0.05) is 15.7 Å². The quantitative estimate of drug-likeness (QED) is 0.873. The number of anilines is 1. The number of hydrogen-bond donors (Lipinski definition) is 1. The molecule has 0 saturated carbocycles. The predicted molar refractivity (Wildman–Crippen MR) is 87.7 cm³/mol. The summed E-state index contributed by atoms with van der Waals surface area (Å²) in [6.07, 6.45) is 0. The highest BCUT2D eigenvalue weighted by atomic mass is 35.5. The molecule has 0 radical (unpaired) electrons. The van der Waals surface area contributed by atoms with E-state index < -0.39 is 6.04 Å². The number of carbonyl (C=O) groups is 1. The Labute approximate surface area is 138 Å². The zero-order valence-electron chi connectivity index (χ0n) is 11.8. The monoisotopic (exact) mass is 336 g/mol. The van der Waals surface area contributed by atoms with Crippen LogP contribution in [-0.4, -0.2) is 19.1 Å². The molecule has 0 unspecified atom stereocenters. The van der Waals surface area contributed by atoms with E-state index >= 15 is 0 Å². The van der Waals surface area contributed by atoms with Crippen LogP contribution in [0, 0.1) is 0 Å². The van der Waals surface area contributed by atoms with E-state index in [1.165, 1.54) is 0 Å². The van der Waals surface area contributed by atoms with E-state index in [1.54, 1.807) is 42.3 Å². The Morgan fingerprint density at radius 3 is 2.41 bits per heavy atom. The molecule has 2 N–H and O–H groups in total. The molecule has 22 heavy (non-hydrogen) atoms. The molecule has 1 heterocycles. The number of ether oxygens (including phenoxy) is 1. The molecule has 2 atom stereocenters. The Hall–Kier alpha value is -1.75. The third-order valence-corrected chi connectivity index (χ3v) is 4.34. The average Bonchev–Trinajstić information content (AvgIpc) is 2.53. The second kappa shape index (κ2) is 5.80. The smallest absolute Gasteiger partial charge is 0.247 e. The molecule has 0 aliphatic carbocycles. The fraction of sp³-hybridized carbons (Fsp3) is 0.188. The standard InChI is InChI=1S/C16H14Cl2N2O2/c1-22-11-5-3-10(4-6-11)20-15(14(19)16(20)21)12-7-2-9(17)8-13(12)18/h2-8,14-15H,19H2,1H3/t14-,15+/m0/s1. The SMILES string of the molecule is COc1ccc(N2C(=O)[C@@H](N)[C@H]2c2ccc(Cl)cc2Cl)cc1. The van der Waals surface area contributed by atoms with Crippen molar-refractivity contribution in [3.8, 4) is 5.75 Å². The van der Waals surface area contributed by atoms with Crippen molar-refractivity contribution in [3.63, 3.8) is 0 Å². The molecule has 1 saturated heterocycles. The van der Waals surface area contributed by atoms with Crippen molar-refractivity contribution in [1.82, 2.24) is 0 Å². The third kappa shape index (κ3) is 2.43. The van der Waals surface area contributed by atoms with E-state index in [9.17, 15) is 4.79 Å². The summed E-state index contributed by atoms with van der Waals surface area (Å²) >= 11 is 12.2. The minimum Gasteiger partial charge on any atom is -0.497 e. The first-order valence-corrected chi connectivity index (χ1v) is 7.46. The largest absolute Gasteiger partial charge is 0.497 e. The molecule has 4 nitrogen and oxygen atoms in total. The second-order valence-corrected chi connectivity index (χ2v) is 5.89. The topological polar surface area (TPSA) is 55.6 Å². The summed E-state index contributed by atoms with van der Waals surface area (Å²) < 4.78 is 5.13. The summed E-state index contributed by atoms with van der Waals surface area (Å²) in [6.45, 7) is 0. The number of β-lactam (4-membered cyclic amide) rings is 1. The Morgan fingerprint density at radius 2 is 1.82 bits per heavy atom. The number of benzene rings is 2. The number of nitrogens with zero attached hydrogens (tertiary/aromatic N) is 1. The summed E-state index contributed by atoms with van der Waals surface area (Å²) in [4.78, 5) is 13.8. The molecule has 1 aliphatic heterocycles. The fourth-order valence-electron chi connectivity index (χ4n) is 2.62. The van der Waals surface area contributed by atoms with Crippen LogP contribution in [0.15, 0.2) is 42.5 Å². The summed E-state index contributed by atoms with van der Waals surface area (Å²) in [5.74, 6) is 0.586. The van der Waals surface area contributed by atoms with Gasteiger partial charge in [0.2, 0.25) is 5.91 Å². The normalized spacial score (nSPS) is 20.7. The molecular formula is C16H14Cl2N2O2. The molecule has 114 valence electrons. The molecule has 0 bridgehead atoms. The van der Waals surface area contributed by atoms with Crippen molar-refractivity contribution in [2.45, 2.75) is 12.1 Å². The van der Waals surface area contributed by atoms with Crippen LogP contribution >= 0.6 is 23.2 Å². The van der Waals surface area contributed by atoms with Crippen LogP contribution in [0.25, 0.3) is 0 Å². The zero-order valence-corrected chi connectivity index (χ0v) is 13.3. The summed E-state index contributed by atoms with van der Waals surface area (Å²) in [7, 11) is 1.59. The van der Waals surface area contributed by atoms with Gasteiger partial charge in [0.05, 0.1) is 13.2 Å². The lowest BCUT2D eigenvalue weighted by Crippen LogP contribution is -2.63. The minimum absolute atomic E-state index is 0.138. The van der Waals surface area contributed by atoms with Crippen LogP contribution in [0.3, 0.4) is 0 Å². The molecule has 3 rings (SSSR count). The van der Waals surface area contributed by atoms with Crippen molar-refractivity contribution < 1.29 is 9.53 Å². The van der Waals surface area contributed by atoms with Crippen molar-refractivity contribution >= 4 is 34.8 Å². The maximum absolute atomic E-state index is 12.2. The van der Waals surface area contributed by atoms with Gasteiger partial charge in [0.1, 0.15) is 11.8 Å². The Balaban J connectivity index is 1.97. The van der Waals surface area contributed by atoms with Crippen LogP contribution < -0.4 is 15.4 Å². The van der Waals surface area contributed by atoms with Gasteiger partial charge in [0.25, 0.3) is 0 Å². The van der Waals surface area contributed by atoms with Gasteiger partial charge in [-0.25, -0.2) is 0 Å². The Kier molecular flexibility index (Phi) is 4.00. The highest BCUT2D eigenvalue weighted by Crippen LogP contribution is 2.41. The van der Waals surface area contributed by atoms with Gasteiger partial charge in [-0.2, -0.15) is 0 Å². The van der Waals surface area contributed by atoms with Gasteiger partial charge >= 0.3 is 0 Å². The van der Waals surface area contributed by atoms with Gasteiger partial charge in [0.15, 0.2) is 0 Å². The van der Waals surface area contributed by atoms with E-state index in [0.717, 1.165) is 17.0 Å². The van der Waals surface area contributed by atoms with Gasteiger partial charge in [-0.15, -0.1) is 0 Å². The predicted octanol–water partition coefficient (Wildman–Crippen LogP) is 3.42. The second-order valence-electron chi connectivity index (χ2n) is 5.04. The average molecular weight is 337 g/mol. The van der Waals surface area contributed by atoms with Crippen LogP contribution in [0.4, 0.5) is 5.69 Å². The van der Waals surface area contributed by atoms with Crippen LogP contribution in [-0.2, 0) is 4.79 Å². The number of carbonyl (C=O) groups excluding carboxylic acids is 1. The van der Waals surface area contributed by atoms with Crippen molar-refractivity contribution in [1.29, 1.82) is 0 Å². The number of amides is 1. The number of hydrogen-bond acceptors (Lipinski definition) is 3. The maximum Gasteiger partial charge on any atom is 0.247 e. The molecule has 1 fully saturated rings. The van der Waals surface area contributed by atoms with Gasteiger partial charge in [-0.05, 0) is 42.0 Å². The first-order chi connectivity index (χ1) is 10.5. The van der Waals surface area contributed by atoms with Crippen molar-refractivity contribution in [2.24, 2.45) is 5.73 Å². The van der Waals surface area contributed by atoms with Crippen molar-refractivity contribution in [3.05, 3.63) is 58.1 Å². The Bertz CT molecular complexity index is 719. The van der Waals surface area contributed by atoms with E-state index in [1.807, 2.05) is 12.1 Å². The highest BCUT2D eigenvalue weighted by Gasteiger charge is 2.47. The third-order valence-electron chi connectivity index (χ3n) is 3.77. The van der Waals surface area contributed by atoms with Crippen LogP contribution in [0.5, 0.6) is 5.75 Å². The minimum atomic E-state index is -0.610. The number of halogens is 2. The number of methoxy groups -OCH3 is 1. The van der Waals surface area contributed by atoms with Crippen LogP contribution in [0.1, 0.15) is 11.6 Å². The molecule has 6 heteroatoms. The lowest BCUT2D eigenvalue weighted by molar-refractivity contribution is -0.126. The molecule has 2 aromatic carbocycles. The molecular weight excluding hydrogens is 323 g/mol. The lowest BCUT2D eigenvalue weighted by atomic mass is 9.88. The van der Waals surface area contributed by atoms with Gasteiger partial charge in [-0.1, -0.05) is 29.3 Å². The van der Waals surface area contributed by atoms with E-state index in [0.29, 0.717) is 10.0 Å². The van der Waals surface area contributed by atoms with E-state index in [2.05, 4.69) is 0 Å². The molecule has 0 spiro atoms. The van der Waals surface area contributed by atoms with E-state index in [-0.39, 0.29) is 11.9 Å². The van der Waals surface area contributed by atoms with Gasteiger partial charge < -0.3 is 15.4 Å². The van der Waals surface area contributed by atoms with E-state index in [4.69, 9.17) is 33.7 Å². The first kappa shape index (κ1) is 15.2.